The quantitative estimate of drug-likeness (QED) is 0.449. The third kappa shape index (κ3) is 6.46. The van der Waals surface area contributed by atoms with Crippen molar-refractivity contribution in [3.05, 3.63) is 89.5 Å². The topological polar surface area (TPSA) is 102 Å². The van der Waals surface area contributed by atoms with Crippen LogP contribution in [0.5, 0.6) is 5.75 Å². The summed E-state index contributed by atoms with van der Waals surface area (Å²) in [7, 11) is -1.21. The Morgan fingerprint density at radius 1 is 1.00 bits per heavy atom. The van der Waals surface area contributed by atoms with E-state index < -0.39 is 28.0 Å². The lowest BCUT2D eigenvalue weighted by molar-refractivity contribution is -0.123. The van der Waals surface area contributed by atoms with Crippen LogP contribution in [0.1, 0.15) is 28.4 Å². The lowest BCUT2D eigenvalue weighted by Crippen LogP contribution is -2.30. The molecule has 0 spiro atoms. The molecule has 0 saturated carbocycles. The zero-order valence-electron chi connectivity index (χ0n) is 20.0. The molecule has 0 unspecified atom stereocenters. The molecule has 0 aliphatic carbocycles. The summed E-state index contributed by atoms with van der Waals surface area (Å²) < 4.78 is 38.3. The van der Waals surface area contributed by atoms with Crippen molar-refractivity contribution in [1.29, 1.82) is 0 Å². The van der Waals surface area contributed by atoms with Crippen molar-refractivity contribution in [2.24, 2.45) is 0 Å². The number of aryl methyl sites for hydroxylation is 1. The van der Waals surface area contributed by atoms with Crippen molar-refractivity contribution in [1.82, 2.24) is 4.31 Å². The molecule has 3 aromatic carbocycles. The molecule has 1 amide bonds. The number of benzene rings is 3. The average Bonchev–Trinajstić information content (AvgIpc) is 2.85. The number of hydrogen-bond acceptors (Lipinski definition) is 6. The van der Waals surface area contributed by atoms with E-state index in [2.05, 4.69) is 5.32 Å². The highest BCUT2D eigenvalue weighted by atomic mass is 32.2. The van der Waals surface area contributed by atoms with Crippen molar-refractivity contribution >= 4 is 27.6 Å². The number of nitrogens with one attached hydrogen (secondary N) is 1. The monoisotopic (exact) mass is 496 g/mol. The zero-order valence-corrected chi connectivity index (χ0v) is 20.8. The first-order valence-corrected chi connectivity index (χ1v) is 12.3. The highest BCUT2D eigenvalue weighted by molar-refractivity contribution is 7.89. The van der Waals surface area contributed by atoms with E-state index in [1.54, 1.807) is 12.1 Å². The Bertz CT molecular complexity index is 1290. The van der Waals surface area contributed by atoms with Gasteiger partial charge in [0, 0.05) is 19.3 Å². The summed E-state index contributed by atoms with van der Waals surface area (Å²) in [5.41, 5.74) is 2.40. The number of anilines is 1. The Hall–Kier alpha value is -3.69. The van der Waals surface area contributed by atoms with Crippen LogP contribution in [-0.4, -0.2) is 44.9 Å². The summed E-state index contributed by atoms with van der Waals surface area (Å²) in [5, 5.41) is 2.68. The van der Waals surface area contributed by atoms with Crippen molar-refractivity contribution in [2.45, 2.75) is 31.4 Å². The van der Waals surface area contributed by atoms with Gasteiger partial charge in [0.15, 0.2) is 6.10 Å². The summed E-state index contributed by atoms with van der Waals surface area (Å²) in [6.45, 7) is 3.51. The molecule has 1 atom stereocenters. The van der Waals surface area contributed by atoms with Gasteiger partial charge in [-0.15, -0.1) is 0 Å². The first kappa shape index (κ1) is 25.9. The minimum absolute atomic E-state index is 0.0209. The Morgan fingerprint density at radius 3 is 2.29 bits per heavy atom. The molecular formula is C26H28N2O6S. The van der Waals surface area contributed by atoms with Gasteiger partial charge in [-0.05, 0) is 49.7 Å². The first-order chi connectivity index (χ1) is 16.6. The van der Waals surface area contributed by atoms with E-state index in [1.165, 1.54) is 43.6 Å². The van der Waals surface area contributed by atoms with E-state index in [0.717, 1.165) is 11.1 Å². The van der Waals surface area contributed by atoms with E-state index in [4.69, 9.17) is 9.47 Å². The predicted molar refractivity (Wildman–Crippen MR) is 133 cm³/mol. The standard InChI is InChI=1S/C26H28N2O6S/c1-18-10-13-22(14-11-18)27-25(29)19(2)34-26(30)21-12-15-23(33-4)24(16-21)35(31,32)28(3)17-20-8-6-5-7-9-20/h5-16,19H,17H2,1-4H3,(H,27,29)/t19-/m0/s1. The second kappa shape index (κ2) is 11.2. The SMILES string of the molecule is COc1ccc(C(=O)O[C@@H](C)C(=O)Nc2ccc(C)cc2)cc1S(=O)(=O)N(C)Cc1ccccc1. The van der Waals surface area contributed by atoms with Crippen LogP contribution >= 0.6 is 0 Å². The normalized spacial score (nSPS) is 12.1. The maximum Gasteiger partial charge on any atom is 0.338 e. The van der Waals surface area contributed by atoms with Gasteiger partial charge < -0.3 is 14.8 Å². The highest BCUT2D eigenvalue weighted by Crippen LogP contribution is 2.28. The molecule has 1 N–H and O–H groups in total. The lowest BCUT2D eigenvalue weighted by atomic mass is 10.2. The summed E-state index contributed by atoms with van der Waals surface area (Å²) in [4.78, 5) is 25.0. The van der Waals surface area contributed by atoms with Gasteiger partial charge in [0.25, 0.3) is 5.91 Å². The first-order valence-electron chi connectivity index (χ1n) is 10.9. The number of rotatable bonds is 9. The summed E-state index contributed by atoms with van der Waals surface area (Å²) in [5.74, 6) is -1.25. The molecule has 0 aliphatic heterocycles. The average molecular weight is 497 g/mol. The van der Waals surface area contributed by atoms with Crippen molar-refractivity contribution in [3.63, 3.8) is 0 Å². The Morgan fingerprint density at radius 2 is 1.66 bits per heavy atom. The van der Waals surface area contributed by atoms with Crippen LogP contribution in [0.2, 0.25) is 0 Å². The Balaban J connectivity index is 1.77. The van der Waals surface area contributed by atoms with Gasteiger partial charge in [-0.3, -0.25) is 4.79 Å². The van der Waals surface area contributed by atoms with Crippen LogP contribution in [0, 0.1) is 6.92 Å². The minimum Gasteiger partial charge on any atom is -0.495 e. The number of methoxy groups -OCH3 is 1. The molecule has 0 bridgehead atoms. The molecule has 0 saturated heterocycles. The number of esters is 1. The number of amides is 1. The molecule has 184 valence electrons. The molecule has 3 aromatic rings. The van der Waals surface area contributed by atoms with Gasteiger partial charge in [0.2, 0.25) is 10.0 Å². The van der Waals surface area contributed by atoms with Crippen molar-refractivity contribution in [3.8, 4) is 5.75 Å². The second-order valence-electron chi connectivity index (χ2n) is 8.02. The molecule has 0 fully saturated rings. The fraction of sp³-hybridized carbons (Fsp3) is 0.231. The third-order valence-corrected chi connectivity index (χ3v) is 7.13. The number of carbonyl (C=O) groups excluding carboxylic acids is 2. The van der Waals surface area contributed by atoms with Crippen LogP contribution in [0.25, 0.3) is 0 Å². The fourth-order valence-electron chi connectivity index (χ4n) is 3.26. The van der Waals surface area contributed by atoms with Gasteiger partial charge in [0.1, 0.15) is 10.6 Å². The van der Waals surface area contributed by atoms with Gasteiger partial charge in [-0.2, -0.15) is 4.31 Å². The minimum atomic E-state index is -4.00. The van der Waals surface area contributed by atoms with Crippen LogP contribution in [-0.2, 0) is 26.1 Å². The second-order valence-corrected chi connectivity index (χ2v) is 10.0. The summed E-state index contributed by atoms with van der Waals surface area (Å²) in [6.07, 6.45) is -1.10. The molecule has 8 nitrogen and oxygen atoms in total. The molecule has 3 rings (SSSR count). The van der Waals surface area contributed by atoms with Gasteiger partial charge in [-0.25, -0.2) is 13.2 Å². The van der Waals surface area contributed by atoms with E-state index in [-0.39, 0.29) is 22.8 Å². The van der Waals surface area contributed by atoms with E-state index >= 15 is 0 Å². The highest BCUT2D eigenvalue weighted by Gasteiger charge is 2.27. The molecule has 0 aliphatic rings. The Kier molecular flexibility index (Phi) is 8.26. The molecule has 0 radical (unpaired) electrons. The largest absolute Gasteiger partial charge is 0.495 e. The smallest absolute Gasteiger partial charge is 0.338 e. The van der Waals surface area contributed by atoms with Crippen LogP contribution in [0.4, 0.5) is 5.69 Å². The number of carbonyl (C=O) groups is 2. The maximum atomic E-state index is 13.3. The summed E-state index contributed by atoms with van der Waals surface area (Å²) >= 11 is 0. The van der Waals surface area contributed by atoms with Gasteiger partial charge in [-0.1, -0.05) is 48.0 Å². The number of ether oxygens (including phenoxy) is 2. The molecular weight excluding hydrogens is 468 g/mol. The molecule has 0 aromatic heterocycles. The third-order valence-electron chi connectivity index (χ3n) is 5.31. The van der Waals surface area contributed by atoms with Crippen LogP contribution < -0.4 is 10.1 Å². The zero-order chi connectivity index (χ0) is 25.6. The van der Waals surface area contributed by atoms with E-state index in [0.29, 0.717) is 5.69 Å². The molecule has 9 heteroatoms. The maximum absolute atomic E-state index is 13.3. The van der Waals surface area contributed by atoms with Crippen molar-refractivity contribution < 1.29 is 27.5 Å². The fourth-order valence-corrected chi connectivity index (χ4v) is 4.60. The predicted octanol–water partition coefficient (Wildman–Crippen LogP) is 4.01. The molecule has 0 heterocycles. The van der Waals surface area contributed by atoms with E-state index in [9.17, 15) is 18.0 Å². The van der Waals surface area contributed by atoms with E-state index in [1.807, 2.05) is 49.4 Å². The molecule has 35 heavy (non-hydrogen) atoms. The Labute approximate surface area is 205 Å². The number of sulfonamides is 1. The lowest BCUT2D eigenvalue weighted by Gasteiger charge is -2.20. The van der Waals surface area contributed by atoms with Crippen LogP contribution in [0.3, 0.4) is 0 Å². The van der Waals surface area contributed by atoms with Gasteiger partial charge in [0.05, 0.1) is 12.7 Å². The van der Waals surface area contributed by atoms with Crippen molar-refractivity contribution in [2.75, 3.05) is 19.5 Å². The van der Waals surface area contributed by atoms with Crippen LogP contribution in [0.15, 0.2) is 77.7 Å². The number of nitrogens with zero attached hydrogens (tertiary/aromatic N) is 1. The number of hydrogen-bond donors (Lipinski definition) is 1. The van der Waals surface area contributed by atoms with Gasteiger partial charge >= 0.3 is 5.97 Å². The summed E-state index contributed by atoms with van der Waals surface area (Å²) in [6, 6.07) is 20.3.